The van der Waals surface area contributed by atoms with E-state index in [0.29, 0.717) is 5.56 Å². The molecule has 0 spiro atoms. The Balaban J connectivity index is 1.77. The van der Waals surface area contributed by atoms with Crippen LogP contribution in [-0.4, -0.2) is 19.7 Å². The molecule has 2 aromatic rings. The van der Waals surface area contributed by atoms with E-state index < -0.39 is 0 Å². The Kier molecular flexibility index (Phi) is 4.13. The van der Waals surface area contributed by atoms with Crippen molar-refractivity contribution in [3.63, 3.8) is 0 Å². The van der Waals surface area contributed by atoms with Crippen molar-refractivity contribution in [2.75, 3.05) is 18.7 Å². The topological polar surface area (TPSA) is 41.6 Å². The SMILES string of the molecule is COC(=O)c1ccc(CN2CNSc3ccccc32)cc1. The molecule has 0 radical (unpaired) electrons. The number of rotatable bonds is 3. The number of nitrogens with zero attached hydrogens (tertiary/aromatic N) is 1. The van der Waals surface area contributed by atoms with Crippen LogP contribution in [0, 0.1) is 0 Å². The summed E-state index contributed by atoms with van der Waals surface area (Å²) in [6, 6.07) is 15.9. The van der Waals surface area contributed by atoms with Gasteiger partial charge in [-0.25, -0.2) is 9.52 Å². The Hall–Kier alpha value is -1.98. The molecule has 1 aliphatic heterocycles. The van der Waals surface area contributed by atoms with Gasteiger partial charge >= 0.3 is 5.97 Å². The molecule has 0 atom stereocenters. The van der Waals surface area contributed by atoms with Gasteiger partial charge in [0.15, 0.2) is 0 Å². The lowest BCUT2D eigenvalue weighted by Gasteiger charge is -2.31. The number of esters is 1. The van der Waals surface area contributed by atoms with Crippen molar-refractivity contribution in [3.8, 4) is 0 Å². The molecule has 1 aliphatic rings. The second-order valence-corrected chi connectivity index (χ2v) is 5.69. The summed E-state index contributed by atoms with van der Waals surface area (Å²) >= 11 is 1.66. The van der Waals surface area contributed by atoms with Gasteiger partial charge in [0.25, 0.3) is 0 Å². The number of fused-ring (bicyclic) bond motifs is 1. The van der Waals surface area contributed by atoms with E-state index in [2.05, 4.69) is 27.8 Å². The third-order valence-electron chi connectivity index (χ3n) is 3.39. The average molecular weight is 300 g/mol. The van der Waals surface area contributed by atoms with Gasteiger partial charge in [0.2, 0.25) is 0 Å². The van der Waals surface area contributed by atoms with E-state index in [4.69, 9.17) is 4.74 Å². The fraction of sp³-hybridized carbons (Fsp3) is 0.188. The smallest absolute Gasteiger partial charge is 0.337 e. The largest absolute Gasteiger partial charge is 0.465 e. The zero-order valence-corrected chi connectivity index (χ0v) is 12.5. The summed E-state index contributed by atoms with van der Waals surface area (Å²) in [6.07, 6.45) is 0. The summed E-state index contributed by atoms with van der Waals surface area (Å²) < 4.78 is 8.03. The van der Waals surface area contributed by atoms with Crippen molar-refractivity contribution in [1.29, 1.82) is 0 Å². The highest BCUT2D eigenvalue weighted by Crippen LogP contribution is 2.32. The Labute approximate surface area is 128 Å². The molecule has 0 fully saturated rings. The zero-order valence-electron chi connectivity index (χ0n) is 11.7. The fourth-order valence-electron chi connectivity index (χ4n) is 2.30. The second kappa shape index (κ2) is 6.20. The summed E-state index contributed by atoms with van der Waals surface area (Å²) in [5.41, 5.74) is 2.97. The molecule has 0 saturated heterocycles. The number of ether oxygens (including phenoxy) is 1. The van der Waals surface area contributed by atoms with Crippen LogP contribution >= 0.6 is 11.9 Å². The van der Waals surface area contributed by atoms with Crippen LogP contribution in [0.25, 0.3) is 0 Å². The van der Waals surface area contributed by atoms with Gasteiger partial charge in [-0.3, -0.25) is 0 Å². The lowest BCUT2D eigenvalue weighted by molar-refractivity contribution is 0.0600. The predicted molar refractivity (Wildman–Crippen MR) is 84.3 cm³/mol. The maximum Gasteiger partial charge on any atom is 0.337 e. The van der Waals surface area contributed by atoms with Gasteiger partial charge < -0.3 is 9.64 Å². The van der Waals surface area contributed by atoms with Crippen molar-refractivity contribution < 1.29 is 9.53 Å². The van der Waals surface area contributed by atoms with Crippen LogP contribution in [-0.2, 0) is 11.3 Å². The maximum atomic E-state index is 11.4. The molecular formula is C16H16N2O2S. The molecule has 0 unspecified atom stereocenters. The van der Waals surface area contributed by atoms with Crippen LogP contribution in [0.3, 0.4) is 0 Å². The summed E-state index contributed by atoms with van der Waals surface area (Å²) in [5, 5.41) is 0. The molecule has 1 N–H and O–H groups in total. The fourth-order valence-corrected chi connectivity index (χ4v) is 3.13. The standard InChI is InChI=1S/C16H16N2O2S/c1-20-16(19)13-8-6-12(7-9-13)10-18-11-17-21-15-5-3-2-4-14(15)18/h2-9,17H,10-11H2,1H3. The lowest BCUT2D eigenvalue weighted by Crippen LogP contribution is -2.34. The lowest BCUT2D eigenvalue weighted by atomic mass is 10.1. The second-order valence-electron chi connectivity index (χ2n) is 4.76. The first-order valence-corrected chi connectivity index (χ1v) is 7.50. The van der Waals surface area contributed by atoms with E-state index in [9.17, 15) is 4.79 Å². The van der Waals surface area contributed by atoms with E-state index in [1.54, 1.807) is 24.1 Å². The molecule has 3 rings (SSSR count). The number of carbonyl (C=O) groups is 1. The molecule has 0 bridgehead atoms. The summed E-state index contributed by atoms with van der Waals surface area (Å²) in [4.78, 5) is 14.9. The van der Waals surface area contributed by atoms with Crippen LogP contribution in [0.2, 0.25) is 0 Å². The Morgan fingerprint density at radius 1 is 1.24 bits per heavy atom. The quantitative estimate of drug-likeness (QED) is 0.697. The highest BCUT2D eigenvalue weighted by atomic mass is 32.2. The number of methoxy groups -OCH3 is 1. The molecule has 108 valence electrons. The molecule has 0 aromatic heterocycles. The highest BCUT2D eigenvalue weighted by Gasteiger charge is 2.16. The molecule has 21 heavy (non-hydrogen) atoms. The number of hydrogen-bond donors (Lipinski definition) is 1. The molecule has 0 saturated carbocycles. The maximum absolute atomic E-state index is 11.4. The predicted octanol–water partition coefficient (Wildman–Crippen LogP) is 3.05. The third kappa shape index (κ3) is 3.04. The van der Waals surface area contributed by atoms with Crippen molar-refractivity contribution in [2.24, 2.45) is 0 Å². The van der Waals surface area contributed by atoms with Crippen molar-refractivity contribution >= 4 is 23.6 Å². The van der Waals surface area contributed by atoms with E-state index in [0.717, 1.165) is 18.8 Å². The first kappa shape index (κ1) is 14.0. The summed E-state index contributed by atoms with van der Waals surface area (Å²) in [5.74, 6) is -0.303. The van der Waals surface area contributed by atoms with Crippen molar-refractivity contribution in [2.45, 2.75) is 11.4 Å². The number of para-hydroxylation sites is 1. The number of hydrogen-bond acceptors (Lipinski definition) is 5. The minimum absolute atomic E-state index is 0.303. The van der Waals surface area contributed by atoms with Gasteiger partial charge in [0.1, 0.15) is 0 Å². The van der Waals surface area contributed by atoms with Crippen LogP contribution in [0.1, 0.15) is 15.9 Å². The third-order valence-corrected chi connectivity index (χ3v) is 4.23. The van der Waals surface area contributed by atoms with E-state index in [-0.39, 0.29) is 5.97 Å². The number of carbonyl (C=O) groups excluding carboxylic acids is 1. The molecule has 4 nitrogen and oxygen atoms in total. The van der Waals surface area contributed by atoms with Crippen LogP contribution in [0.15, 0.2) is 53.4 Å². The summed E-state index contributed by atoms with van der Waals surface area (Å²) in [7, 11) is 1.39. The van der Waals surface area contributed by atoms with Crippen LogP contribution in [0.5, 0.6) is 0 Å². The van der Waals surface area contributed by atoms with Gasteiger partial charge in [-0.05, 0) is 41.8 Å². The molecule has 1 heterocycles. The average Bonchev–Trinajstić information content (AvgIpc) is 2.55. The Morgan fingerprint density at radius 3 is 2.76 bits per heavy atom. The van der Waals surface area contributed by atoms with E-state index >= 15 is 0 Å². The first-order chi connectivity index (χ1) is 10.3. The molecule has 2 aromatic carbocycles. The molecular weight excluding hydrogens is 284 g/mol. The van der Waals surface area contributed by atoms with Gasteiger partial charge in [-0.1, -0.05) is 24.3 Å². The number of nitrogens with one attached hydrogen (secondary N) is 1. The van der Waals surface area contributed by atoms with Crippen molar-refractivity contribution in [1.82, 2.24) is 4.72 Å². The normalized spacial score (nSPS) is 13.7. The van der Waals surface area contributed by atoms with E-state index in [1.807, 2.05) is 18.2 Å². The number of anilines is 1. The van der Waals surface area contributed by atoms with Crippen LogP contribution in [0.4, 0.5) is 5.69 Å². The van der Waals surface area contributed by atoms with Gasteiger partial charge in [-0.2, -0.15) is 0 Å². The van der Waals surface area contributed by atoms with E-state index in [1.165, 1.54) is 17.7 Å². The first-order valence-electron chi connectivity index (χ1n) is 6.69. The number of benzene rings is 2. The highest BCUT2D eigenvalue weighted by molar-refractivity contribution is 7.97. The Bertz CT molecular complexity index is 643. The molecule has 0 aliphatic carbocycles. The van der Waals surface area contributed by atoms with Gasteiger partial charge in [-0.15, -0.1) is 0 Å². The zero-order chi connectivity index (χ0) is 14.7. The minimum atomic E-state index is -0.303. The van der Waals surface area contributed by atoms with Gasteiger partial charge in [0, 0.05) is 11.4 Å². The van der Waals surface area contributed by atoms with Crippen LogP contribution < -0.4 is 9.62 Å². The monoisotopic (exact) mass is 300 g/mol. The summed E-state index contributed by atoms with van der Waals surface area (Å²) in [6.45, 7) is 1.59. The minimum Gasteiger partial charge on any atom is -0.465 e. The Morgan fingerprint density at radius 2 is 2.00 bits per heavy atom. The molecule has 0 amide bonds. The van der Waals surface area contributed by atoms with Crippen molar-refractivity contribution in [3.05, 3.63) is 59.7 Å². The molecule has 5 heteroatoms. The van der Waals surface area contributed by atoms with Gasteiger partial charge in [0.05, 0.1) is 25.0 Å².